The van der Waals surface area contributed by atoms with E-state index in [4.69, 9.17) is 5.26 Å². The van der Waals surface area contributed by atoms with Crippen LogP contribution in [0.15, 0.2) is 0 Å². The Morgan fingerprint density at radius 3 is 3.08 bits per heavy atom. The fraction of sp³-hybridized carbons (Fsp3) is 0.818. The molecule has 0 saturated heterocycles. The van der Waals surface area contributed by atoms with Crippen molar-refractivity contribution in [1.82, 2.24) is 0 Å². The lowest BCUT2D eigenvalue weighted by Gasteiger charge is -2.53. The van der Waals surface area contributed by atoms with Crippen molar-refractivity contribution in [3.63, 3.8) is 0 Å². The lowest BCUT2D eigenvalue weighted by atomic mass is 9.47. The first-order valence-corrected chi connectivity index (χ1v) is 5.23. The molecule has 4 saturated carbocycles. The first-order valence-electron chi connectivity index (χ1n) is 5.23. The number of hydrogen-bond donors (Lipinski definition) is 0. The molecule has 0 amide bonds. The number of carbonyl (C=O) groups excluding carboxylic acids is 1. The molecule has 0 aromatic rings. The number of Topliss-reactive ketones (excluding diaryl/α,β-unsaturated/α-hetero) is 1. The summed E-state index contributed by atoms with van der Waals surface area (Å²) < 4.78 is 0. The standard InChI is InChI=1S/C11H13NO/c12-6-9-7-4-5-11(9)8(7)2-1-3-10(11)13/h7-9H,1-5H2. The van der Waals surface area contributed by atoms with Gasteiger partial charge in [0, 0.05) is 11.8 Å². The molecule has 0 N–H and O–H groups in total. The second-order valence-corrected chi connectivity index (χ2v) is 4.77. The molecule has 0 aromatic carbocycles. The van der Waals surface area contributed by atoms with Crippen LogP contribution >= 0.6 is 0 Å². The van der Waals surface area contributed by atoms with Crippen molar-refractivity contribution in [3.8, 4) is 6.07 Å². The zero-order valence-electron chi connectivity index (χ0n) is 7.62. The predicted octanol–water partition coefficient (Wildman–Crippen LogP) is 1.91. The van der Waals surface area contributed by atoms with Crippen LogP contribution in [0.1, 0.15) is 32.1 Å². The molecule has 1 spiro atoms. The maximum Gasteiger partial charge on any atom is 0.140 e. The summed E-state index contributed by atoms with van der Waals surface area (Å²) in [6.07, 6.45) is 5.16. The van der Waals surface area contributed by atoms with E-state index in [2.05, 4.69) is 6.07 Å². The van der Waals surface area contributed by atoms with Gasteiger partial charge in [-0.05, 0) is 37.5 Å². The minimum absolute atomic E-state index is 0.0882. The minimum Gasteiger partial charge on any atom is -0.299 e. The first kappa shape index (κ1) is 7.55. The number of ketones is 1. The monoisotopic (exact) mass is 175 g/mol. The molecular weight excluding hydrogens is 162 g/mol. The van der Waals surface area contributed by atoms with E-state index in [1.807, 2.05) is 0 Å². The second kappa shape index (κ2) is 2.15. The molecule has 0 aliphatic heterocycles. The number of rotatable bonds is 0. The van der Waals surface area contributed by atoms with Gasteiger partial charge in [0.25, 0.3) is 0 Å². The van der Waals surface area contributed by atoms with Crippen molar-refractivity contribution in [3.05, 3.63) is 0 Å². The largest absolute Gasteiger partial charge is 0.299 e. The zero-order valence-corrected chi connectivity index (χ0v) is 7.62. The highest BCUT2D eigenvalue weighted by atomic mass is 16.1. The second-order valence-electron chi connectivity index (χ2n) is 4.77. The van der Waals surface area contributed by atoms with Gasteiger partial charge in [0.05, 0.1) is 12.0 Å². The number of nitrogens with zero attached hydrogens (tertiary/aromatic N) is 1. The number of hydrogen-bond acceptors (Lipinski definition) is 2. The Labute approximate surface area is 77.9 Å². The molecule has 2 nitrogen and oxygen atoms in total. The minimum atomic E-state index is -0.141. The van der Waals surface area contributed by atoms with Crippen LogP contribution in [0, 0.1) is 34.5 Å². The summed E-state index contributed by atoms with van der Waals surface area (Å²) in [6.45, 7) is 0. The molecule has 13 heavy (non-hydrogen) atoms. The molecule has 4 unspecified atom stereocenters. The Morgan fingerprint density at radius 1 is 1.46 bits per heavy atom. The van der Waals surface area contributed by atoms with E-state index in [0.717, 1.165) is 25.7 Å². The van der Waals surface area contributed by atoms with Crippen LogP contribution in [0.2, 0.25) is 0 Å². The average molecular weight is 175 g/mol. The highest BCUT2D eigenvalue weighted by Crippen LogP contribution is 2.70. The first-order chi connectivity index (χ1) is 6.30. The maximum absolute atomic E-state index is 11.9. The molecule has 4 aliphatic rings. The van der Waals surface area contributed by atoms with Crippen molar-refractivity contribution in [2.75, 3.05) is 0 Å². The van der Waals surface area contributed by atoms with Crippen molar-refractivity contribution in [1.29, 1.82) is 5.26 Å². The van der Waals surface area contributed by atoms with Gasteiger partial charge >= 0.3 is 0 Å². The van der Waals surface area contributed by atoms with Crippen LogP contribution in [-0.2, 0) is 4.79 Å². The fourth-order valence-corrected chi connectivity index (χ4v) is 4.14. The number of fused-ring (bicyclic) bond motifs is 1. The molecule has 0 aromatic heterocycles. The predicted molar refractivity (Wildman–Crippen MR) is 46.6 cm³/mol. The van der Waals surface area contributed by atoms with E-state index in [9.17, 15) is 4.79 Å². The van der Waals surface area contributed by atoms with E-state index >= 15 is 0 Å². The summed E-state index contributed by atoms with van der Waals surface area (Å²) in [5.41, 5.74) is -0.141. The van der Waals surface area contributed by atoms with Gasteiger partial charge in [-0.15, -0.1) is 0 Å². The average Bonchev–Trinajstić information content (AvgIpc) is 2.66. The Balaban J connectivity index is 2.03. The van der Waals surface area contributed by atoms with Crippen molar-refractivity contribution in [2.24, 2.45) is 23.2 Å². The van der Waals surface area contributed by atoms with Gasteiger partial charge in [0.2, 0.25) is 0 Å². The summed E-state index contributed by atoms with van der Waals surface area (Å²) in [6, 6.07) is 2.36. The SMILES string of the molecule is N#CC1C2CCC13C(=O)CCCC23. The Morgan fingerprint density at radius 2 is 2.31 bits per heavy atom. The van der Waals surface area contributed by atoms with Gasteiger partial charge < -0.3 is 0 Å². The summed E-state index contributed by atoms with van der Waals surface area (Å²) in [5, 5.41) is 9.02. The molecule has 2 bridgehead atoms. The van der Waals surface area contributed by atoms with Crippen LogP contribution in [0.4, 0.5) is 0 Å². The van der Waals surface area contributed by atoms with Crippen LogP contribution in [0.25, 0.3) is 0 Å². The molecule has 0 radical (unpaired) electrons. The van der Waals surface area contributed by atoms with Gasteiger partial charge in [-0.2, -0.15) is 5.26 Å². The van der Waals surface area contributed by atoms with Gasteiger partial charge in [-0.1, -0.05) is 0 Å². The Kier molecular flexibility index (Phi) is 1.25. The highest BCUT2D eigenvalue weighted by Gasteiger charge is 2.70. The number of carbonyl (C=O) groups is 1. The summed E-state index contributed by atoms with van der Waals surface area (Å²) >= 11 is 0. The zero-order chi connectivity index (χ0) is 9.05. The third-order valence-corrected chi connectivity index (χ3v) is 4.63. The van der Waals surface area contributed by atoms with E-state index < -0.39 is 0 Å². The Hall–Kier alpha value is -0.840. The molecule has 4 rings (SSSR count). The topological polar surface area (TPSA) is 40.9 Å². The lowest BCUT2D eigenvalue weighted by molar-refractivity contribution is -0.150. The van der Waals surface area contributed by atoms with Gasteiger partial charge in [-0.3, -0.25) is 4.79 Å². The highest BCUT2D eigenvalue weighted by molar-refractivity contribution is 5.88. The molecule has 68 valence electrons. The van der Waals surface area contributed by atoms with Crippen LogP contribution < -0.4 is 0 Å². The third kappa shape index (κ3) is 0.611. The van der Waals surface area contributed by atoms with Crippen molar-refractivity contribution in [2.45, 2.75) is 32.1 Å². The van der Waals surface area contributed by atoms with E-state index in [0.29, 0.717) is 17.6 Å². The van der Waals surface area contributed by atoms with Crippen LogP contribution in [0.3, 0.4) is 0 Å². The lowest BCUT2D eigenvalue weighted by Crippen LogP contribution is -2.56. The summed E-state index contributed by atoms with van der Waals surface area (Å²) in [7, 11) is 0. The van der Waals surface area contributed by atoms with E-state index in [1.165, 1.54) is 6.42 Å². The maximum atomic E-state index is 11.9. The van der Waals surface area contributed by atoms with Crippen molar-refractivity contribution < 1.29 is 4.79 Å². The van der Waals surface area contributed by atoms with Crippen LogP contribution in [0.5, 0.6) is 0 Å². The number of nitriles is 1. The summed E-state index contributed by atoms with van der Waals surface area (Å²) in [4.78, 5) is 11.9. The quantitative estimate of drug-likeness (QED) is 0.564. The molecule has 4 atom stereocenters. The van der Waals surface area contributed by atoms with Crippen molar-refractivity contribution >= 4 is 5.78 Å². The van der Waals surface area contributed by atoms with Gasteiger partial charge in [0.15, 0.2) is 0 Å². The van der Waals surface area contributed by atoms with E-state index in [1.54, 1.807) is 0 Å². The van der Waals surface area contributed by atoms with E-state index in [-0.39, 0.29) is 11.3 Å². The Bertz CT molecular complexity index is 317. The molecule has 4 fully saturated rings. The normalized spacial score (nSPS) is 52.2. The fourth-order valence-electron chi connectivity index (χ4n) is 4.14. The van der Waals surface area contributed by atoms with Gasteiger partial charge in [0.1, 0.15) is 5.78 Å². The summed E-state index contributed by atoms with van der Waals surface area (Å²) in [5.74, 6) is 1.67. The smallest absolute Gasteiger partial charge is 0.140 e. The van der Waals surface area contributed by atoms with Crippen LogP contribution in [-0.4, -0.2) is 5.78 Å². The molecular formula is C11H13NO. The molecule has 2 heteroatoms. The third-order valence-electron chi connectivity index (χ3n) is 4.63. The molecule has 0 heterocycles. The van der Waals surface area contributed by atoms with Gasteiger partial charge in [-0.25, -0.2) is 0 Å². The molecule has 4 aliphatic carbocycles.